The van der Waals surface area contributed by atoms with Crippen LogP contribution in [0.2, 0.25) is 0 Å². The predicted molar refractivity (Wildman–Crippen MR) is 60.7 cm³/mol. The third-order valence-electron chi connectivity index (χ3n) is 3.74. The lowest BCUT2D eigenvalue weighted by atomic mass is 10.1. The molecule has 2 unspecified atom stereocenters. The molecule has 0 aromatic heterocycles. The van der Waals surface area contributed by atoms with Crippen LogP contribution in [0.4, 0.5) is 0 Å². The Hall–Kier alpha value is -1.06. The molecule has 0 radical (unpaired) electrons. The Balaban J connectivity index is 2.13. The van der Waals surface area contributed by atoms with Crippen molar-refractivity contribution in [1.82, 2.24) is 10.2 Å². The minimum atomic E-state index is -0.314. The highest BCUT2D eigenvalue weighted by atomic mass is 16.2. The summed E-state index contributed by atoms with van der Waals surface area (Å²) in [5.41, 5.74) is 0.237. The summed E-state index contributed by atoms with van der Waals surface area (Å²) in [5.74, 6) is 0.102. The first-order valence-corrected chi connectivity index (χ1v) is 6.05. The second-order valence-corrected chi connectivity index (χ2v) is 5.52. The molecule has 0 bridgehead atoms. The molecule has 1 aliphatic carbocycles. The summed E-state index contributed by atoms with van der Waals surface area (Å²) in [6.07, 6.45) is 2.17. The normalized spacial score (nSPS) is 33.3. The van der Waals surface area contributed by atoms with Gasteiger partial charge in [0.1, 0.15) is 6.04 Å². The van der Waals surface area contributed by atoms with Gasteiger partial charge in [-0.25, -0.2) is 0 Å². The Morgan fingerprint density at radius 1 is 1.44 bits per heavy atom. The first-order chi connectivity index (χ1) is 7.45. The van der Waals surface area contributed by atoms with E-state index < -0.39 is 0 Å². The first kappa shape index (κ1) is 11.4. The number of hydrogen-bond acceptors (Lipinski definition) is 2. The fourth-order valence-corrected chi connectivity index (χ4v) is 2.42. The van der Waals surface area contributed by atoms with Crippen molar-refractivity contribution in [2.45, 2.75) is 52.1 Å². The average Bonchev–Trinajstić information content (AvgIpc) is 2.86. The summed E-state index contributed by atoms with van der Waals surface area (Å²) < 4.78 is 0. The van der Waals surface area contributed by atoms with E-state index in [0.29, 0.717) is 25.4 Å². The highest BCUT2D eigenvalue weighted by Gasteiger charge is 2.52. The van der Waals surface area contributed by atoms with Crippen LogP contribution < -0.4 is 5.32 Å². The number of amides is 2. The monoisotopic (exact) mass is 224 g/mol. The van der Waals surface area contributed by atoms with Crippen LogP contribution in [-0.4, -0.2) is 35.3 Å². The molecule has 0 aromatic carbocycles. The van der Waals surface area contributed by atoms with E-state index in [1.165, 1.54) is 0 Å². The van der Waals surface area contributed by atoms with E-state index in [1.807, 2.05) is 11.8 Å². The average molecular weight is 224 g/mol. The smallest absolute Gasteiger partial charge is 0.245 e. The quantitative estimate of drug-likeness (QED) is 0.758. The molecular formula is C12H20N2O2. The molecule has 1 N–H and O–H groups in total. The molecular weight excluding hydrogens is 204 g/mol. The zero-order chi connectivity index (χ0) is 11.9. The van der Waals surface area contributed by atoms with Crippen LogP contribution in [-0.2, 0) is 9.59 Å². The molecule has 2 aliphatic rings. The number of carbonyl (C=O) groups is 2. The van der Waals surface area contributed by atoms with Gasteiger partial charge in [-0.15, -0.1) is 0 Å². The molecule has 2 atom stereocenters. The molecule has 4 nitrogen and oxygen atoms in total. The SMILES string of the molecule is CCC1NC(=O)CCN(C2CC2(C)C)C1=O. The van der Waals surface area contributed by atoms with E-state index in [0.717, 1.165) is 6.42 Å². The summed E-state index contributed by atoms with van der Waals surface area (Å²) in [5, 5.41) is 2.79. The maximum atomic E-state index is 12.2. The van der Waals surface area contributed by atoms with Crippen molar-refractivity contribution in [3.63, 3.8) is 0 Å². The molecule has 1 saturated heterocycles. The lowest BCUT2D eigenvalue weighted by Crippen LogP contribution is -2.45. The van der Waals surface area contributed by atoms with E-state index in [9.17, 15) is 9.59 Å². The van der Waals surface area contributed by atoms with Crippen LogP contribution in [0.15, 0.2) is 0 Å². The Labute approximate surface area is 96.4 Å². The van der Waals surface area contributed by atoms with Gasteiger partial charge in [0, 0.05) is 19.0 Å². The van der Waals surface area contributed by atoms with Crippen LogP contribution in [0.3, 0.4) is 0 Å². The Kier molecular flexibility index (Phi) is 2.68. The molecule has 0 aromatic rings. The van der Waals surface area contributed by atoms with Crippen LogP contribution in [0.5, 0.6) is 0 Å². The number of hydrogen-bond donors (Lipinski definition) is 1. The summed E-state index contributed by atoms with van der Waals surface area (Å²) >= 11 is 0. The van der Waals surface area contributed by atoms with Gasteiger partial charge in [-0.05, 0) is 18.3 Å². The lowest BCUT2D eigenvalue weighted by molar-refractivity contribution is -0.134. The molecule has 90 valence electrons. The van der Waals surface area contributed by atoms with Crippen molar-refractivity contribution in [3.8, 4) is 0 Å². The Morgan fingerprint density at radius 2 is 2.06 bits per heavy atom. The van der Waals surface area contributed by atoms with Gasteiger partial charge in [-0.1, -0.05) is 20.8 Å². The molecule has 1 saturated carbocycles. The lowest BCUT2D eigenvalue weighted by Gasteiger charge is -2.25. The number of carbonyl (C=O) groups excluding carboxylic acids is 2. The highest BCUT2D eigenvalue weighted by Crippen LogP contribution is 2.48. The van der Waals surface area contributed by atoms with Crippen LogP contribution >= 0.6 is 0 Å². The van der Waals surface area contributed by atoms with Gasteiger partial charge in [-0.3, -0.25) is 9.59 Å². The van der Waals surface area contributed by atoms with Crippen molar-refractivity contribution >= 4 is 11.8 Å². The summed E-state index contributed by atoms with van der Waals surface area (Å²) in [6, 6.07) is 0.0214. The van der Waals surface area contributed by atoms with Crippen molar-refractivity contribution < 1.29 is 9.59 Å². The van der Waals surface area contributed by atoms with Crippen molar-refractivity contribution in [2.75, 3.05) is 6.54 Å². The van der Waals surface area contributed by atoms with Crippen LogP contribution in [0.1, 0.15) is 40.0 Å². The number of rotatable bonds is 2. The largest absolute Gasteiger partial charge is 0.344 e. The predicted octanol–water partition coefficient (Wildman–Crippen LogP) is 0.912. The standard InChI is InChI=1S/C12H20N2O2/c1-4-8-11(16)14(6-5-10(15)13-8)9-7-12(9,2)3/h8-9H,4-7H2,1-3H3,(H,13,15). The molecule has 16 heavy (non-hydrogen) atoms. The van der Waals surface area contributed by atoms with E-state index in [-0.39, 0.29) is 23.3 Å². The van der Waals surface area contributed by atoms with Gasteiger partial charge >= 0.3 is 0 Å². The van der Waals surface area contributed by atoms with Crippen LogP contribution in [0.25, 0.3) is 0 Å². The maximum Gasteiger partial charge on any atom is 0.245 e. The van der Waals surface area contributed by atoms with Gasteiger partial charge in [0.15, 0.2) is 0 Å². The number of nitrogens with zero attached hydrogens (tertiary/aromatic N) is 1. The summed E-state index contributed by atoms with van der Waals surface area (Å²) in [7, 11) is 0. The molecule has 2 rings (SSSR count). The topological polar surface area (TPSA) is 49.4 Å². The second-order valence-electron chi connectivity index (χ2n) is 5.52. The number of nitrogens with one attached hydrogen (secondary N) is 1. The Bertz CT molecular complexity index is 325. The third kappa shape index (κ3) is 1.93. The summed E-state index contributed by atoms with van der Waals surface area (Å²) in [6.45, 7) is 6.86. The van der Waals surface area contributed by atoms with E-state index in [4.69, 9.17) is 0 Å². The Morgan fingerprint density at radius 3 is 2.56 bits per heavy atom. The fourth-order valence-electron chi connectivity index (χ4n) is 2.42. The molecule has 2 fully saturated rings. The summed E-state index contributed by atoms with van der Waals surface area (Å²) in [4.78, 5) is 25.6. The van der Waals surface area contributed by atoms with Crippen molar-refractivity contribution in [3.05, 3.63) is 0 Å². The van der Waals surface area contributed by atoms with Gasteiger partial charge in [0.25, 0.3) is 0 Å². The van der Waals surface area contributed by atoms with Crippen molar-refractivity contribution in [2.24, 2.45) is 5.41 Å². The highest BCUT2D eigenvalue weighted by molar-refractivity contribution is 5.90. The van der Waals surface area contributed by atoms with Gasteiger partial charge in [-0.2, -0.15) is 0 Å². The second kappa shape index (κ2) is 3.75. The van der Waals surface area contributed by atoms with Gasteiger partial charge < -0.3 is 10.2 Å². The maximum absolute atomic E-state index is 12.2. The molecule has 1 aliphatic heterocycles. The zero-order valence-electron chi connectivity index (χ0n) is 10.2. The van der Waals surface area contributed by atoms with Gasteiger partial charge in [0.05, 0.1) is 0 Å². The van der Waals surface area contributed by atoms with E-state index >= 15 is 0 Å². The van der Waals surface area contributed by atoms with Gasteiger partial charge in [0.2, 0.25) is 11.8 Å². The molecule has 0 spiro atoms. The molecule has 4 heteroatoms. The van der Waals surface area contributed by atoms with Crippen molar-refractivity contribution in [1.29, 1.82) is 0 Å². The molecule has 1 heterocycles. The van der Waals surface area contributed by atoms with Crippen LogP contribution in [0, 0.1) is 5.41 Å². The fraction of sp³-hybridized carbons (Fsp3) is 0.833. The molecule has 2 amide bonds. The first-order valence-electron chi connectivity index (χ1n) is 6.05. The minimum absolute atomic E-state index is 0.00107. The minimum Gasteiger partial charge on any atom is -0.344 e. The third-order valence-corrected chi connectivity index (χ3v) is 3.74. The van der Waals surface area contributed by atoms with E-state index in [1.54, 1.807) is 0 Å². The zero-order valence-corrected chi connectivity index (χ0v) is 10.2. The van der Waals surface area contributed by atoms with E-state index in [2.05, 4.69) is 19.2 Å².